The predicted molar refractivity (Wildman–Crippen MR) is 320 cm³/mol. The molecule has 8 aliphatic rings. The average Bonchev–Trinajstić information content (AvgIpc) is 3.66. The molecule has 0 bridgehead atoms. The molecular weight excluding hydrogens is 1040 g/mol. The lowest BCUT2D eigenvalue weighted by Crippen LogP contribution is -2.74. The van der Waals surface area contributed by atoms with Gasteiger partial charge in [-0.1, -0.05) is 87.4 Å². The Bertz CT molecular complexity index is 3190. The molecule has 6 aliphatic carbocycles. The van der Waals surface area contributed by atoms with Crippen LogP contribution in [0.15, 0.2) is 89.9 Å². The Morgan fingerprint density at radius 1 is 0.892 bits per heavy atom. The van der Waals surface area contributed by atoms with Crippen LogP contribution in [0.5, 0.6) is 11.5 Å². The fourth-order valence-corrected chi connectivity index (χ4v) is 18.8. The number of fused-ring (bicyclic) bond motifs is 6. The van der Waals surface area contributed by atoms with Crippen molar-refractivity contribution in [2.45, 2.75) is 183 Å². The molecule has 5 fully saturated rings. The van der Waals surface area contributed by atoms with Crippen LogP contribution in [0.4, 0.5) is 0 Å². The number of aliphatic hydroxyl groups is 5. The van der Waals surface area contributed by atoms with Crippen LogP contribution in [0.25, 0.3) is 10.8 Å². The minimum atomic E-state index is -1.47. The van der Waals surface area contributed by atoms with E-state index in [2.05, 4.69) is 89.2 Å². The molecule has 444 valence electrons. The number of phenolic OH excluding ortho intramolecular Hbond substituents is 1. The van der Waals surface area contributed by atoms with Crippen LogP contribution < -0.4 is 26.4 Å². The second-order valence-corrected chi connectivity index (χ2v) is 26.5. The number of carbonyl (C=O) groups excluding carboxylic acids is 2. The van der Waals surface area contributed by atoms with Crippen LogP contribution in [-0.4, -0.2) is 110 Å². The largest absolute Gasteiger partial charge is 0.504 e. The number of methoxy groups -OCH3 is 1. The maximum absolute atomic E-state index is 15.3. The monoisotopic (exact) mass is 1130 g/mol. The number of rotatable bonds is 16. The van der Waals surface area contributed by atoms with Gasteiger partial charge in [-0.05, 0) is 200 Å². The number of nitrogens with one attached hydrogen (secondary N) is 4. The molecule has 3 aromatic carbocycles. The van der Waals surface area contributed by atoms with Gasteiger partial charge in [0.15, 0.2) is 23.6 Å². The van der Waals surface area contributed by atoms with E-state index in [1.807, 2.05) is 18.2 Å². The summed E-state index contributed by atoms with van der Waals surface area (Å²) in [4.78, 5) is 32.8. The molecule has 14 nitrogen and oxygen atoms in total. The number of allylic oxidation sites excluding steroid dienone is 2. The summed E-state index contributed by atoms with van der Waals surface area (Å²) < 4.78 is 5.62. The lowest BCUT2D eigenvalue weighted by molar-refractivity contribution is -0.164. The van der Waals surface area contributed by atoms with E-state index in [1.165, 1.54) is 23.9 Å². The van der Waals surface area contributed by atoms with Crippen LogP contribution in [0.1, 0.15) is 168 Å². The van der Waals surface area contributed by atoms with E-state index in [9.17, 15) is 35.4 Å². The highest BCUT2D eigenvalue weighted by atomic mass is 16.5. The SMILES string of the molecule is CCNCC1C2c3[nH]ccc3C3CC(=O)CC4NC5(CCCCC5)C(C(CCC(O)O)C1C1CCC5(C#CC(CC(O)C(O)CC(C6=C(CC)CNC(N)=C6)c6ccc7ccccc7c6)c6cc(O)c(OC)cc6CCC5=O)C(O)C1)C2C43. The number of H-pyrrole nitrogens is 1. The number of aliphatic hydroxyl groups excluding tert-OH is 4. The molecule has 4 aromatic rings. The molecular formula is C69H89N5O9. The first-order valence-electron chi connectivity index (χ1n) is 31.6. The Labute approximate surface area is 489 Å². The van der Waals surface area contributed by atoms with E-state index in [1.54, 1.807) is 12.1 Å². The van der Waals surface area contributed by atoms with Gasteiger partial charge >= 0.3 is 0 Å². The summed E-state index contributed by atoms with van der Waals surface area (Å²) in [5.74, 6) is 8.00. The van der Waals surface area contributed by atoms with Crippen molar-refractivity contribution in [1.29, 1.82) is 0 Å². The van der Waals surface area contributed by atoms with Gasteiger partial charge in [-0.2, -0.15) is 0 Å². The zero-order valence-corrected chi connectivity index (χ0v) is 48.8. The first-order chi connectivity index (χ1) is 40.1. The van der Waals surface area contributed by atoms with Gasteiger partial charge in [-0.15, -0.1) is 0 Å². The standard InChI is InChI=1S/C69H89N5O9/c1-4-38-36-73-60(70)35-50(38)49(41-14-13-39-11-7-8-12-40(39)27-41)34-55(77)54(76)28-43-19-24-68(58(79)17-15-42-29-57(83-3)56(78)33-48(42)43)25-20-44(30-59(68)80)62-47(16-18-61(81)82)66-65-63-51(46-21-26-72-67(46)64(65)52(62)37-71-5-2)31-45(75)32-53(63)74-69(66)22-9-6-10-23-69/h7-8,11-14,21,26-27,29,33,35,43-44,47,49,51-55,59,61-66,71-74,76-78,80-82H,4-6,9-10,15-18,20,22-23,25,28,30-32,34,36-37,70H2,1-3H3. The number of Topliss-reactive ketones (excluding diaryl/α,β-unsaturated/α-hetero) is 2. The molecule has 16 unspecified atom stereocenters. The quantitative estimate of drug-likeness (QED) is 0.0374. The third kappa shape index (κ3) is 10.6. The first kappa shape index (κ1) is 57.9. The molecule has 16 atom stereocenters. The molecule has 4 saturated carbocycles. The summed E-state index contributed by atoms with van der Waals surface area (Å²) in [6.07, 6.45) is 8.86. The van der Waals surface area contributed by atoms with Crippen molar-refractivity contribution in [3.63, 3.8) is 0 Å². The fraction of sp³-hybridized carbons (Fsp3) is 0.594. The van der Waals surface area contributed by atoms with Gasteiger partial charge in [0.2, 0.25) is 0 Å². The number of ether oxygens (including phenoxy) is 1. The molecule has 2 aliphatic heterocycles. The average molecular weight is 1130 g/mol. The van der Waals surface area contributed by atoms with Crippen LogP contribution in [0.2, 0.25) is 0 Å². The minimum absolute atomic E-state index is 0.0104. The normalized spacial score (nSPS) is 32.9. The summed E-state index contributed by atoms with van der Waals surface area (Å²) in [7, 11) is 1.49. The van der Waals surface area contributed by atoms with Gasteiger partial charge in [0, 0.05) is 67.0 Å². The number of benzene rings is 3. The number of dihydropyridines is 1. The Kier molecular flexibility index (Phi) is 16.6. The summed E-state index contributed by atoms with van der Waals surface area (Å²) in [6.45, 7) is 6.36. The van der Waals surface area contributed by atoms with E-state index < -0.39 is 35.9 Å². The molecule has 1 saturated heterocycles. The highest BCUT2D eigenvalue weighted by molar-refractivity contribution is 5.89. The minimum Gasteiger partial charge on any atom is -0.504 e. The number of hydrogen-bond acceptors (Lipinski definition) is 13. The van der Waals surface area contributed by atoms with E-state index in [-0.39, 0.29) is 120 Å². The van der Waals surface area contributed by atoms with Gasteiger partial charge in [0.25, 0.3) is 0 Å². The topological polar surface area (TPSA) is 243 Å². The highest BCUT2D eigenvalue weighted by Gasteiger charge is 2.68. The smallest absolute Gasteiger partial charge is 0.160 e. The molecule has 12 rings (SSSR count). The highest BCUT2D eigenvalue weighted by Crippen LogP contribution is 2.69. The number of carbonyl (C=O) groups is 2. The number of nitrogens with two attached hydrogens (primary N) is 1. The third-order valence-corrected chi connectivity index (χ3v) is 22.4. The Morgan fingerprint density at radius 3 is 2.46 bits per heavy atom. The molecule has 3 heterocycles. The number of ketones is 2. The lowest BCUT2D eigenvalue weighted by Gasteiger charge is -2.69. The zero-order valence-electron chi connectivity index (χ0n) is 48.8. The van der Waals surface area contributed by atoms with E-state index in [4.69, 9.17) is 10.5 Å². The van der Waals surface area contributed by atoms with Crippen molar-refractivity contribution in [1.82, 2.24) is 20.9 Å². The van der Waals surface area contributed by atoms with Crippen LogP contribution in [0, 0.1) is 58.7 Å². The van der Waals surface area contributed by atoms with Crippen molar-refractivity contribution >= 4 is 22.3 Å². The number of phenols is 1. The lowest BCUT2D eigenvalue weighted by atomic mass is 9.39. The number of piperidine rings is 1. The van der Waals surface area contributed by atoms with Crippen molar-refractivity contribution < 1.29 is 45.0 Å². The first-order valence-corrected chi connectivity index (χ1v) is 31.6. The molecule has 83 heavy (non-hydrogen) atoms. The van der Waals surface area contributed by atoms with Crippen LogP contribution in [0.3, 0.4) is 0 Å². The van der Waals surface area contributed by atoms with E-state index in [0.717, 1.165) is 79.1 Å². The van der Waals surface area contributed by atoms with Crippen molar-refractivity contribution in [3.05, 3.63) is 118 Å². The summed E-state index contributed by atoms with van der Waals surface area (Å²) in [5.41, 5.74) is 11.9. The molecule has 12 N–H and O–H groups in total. The molecule has 0 radical (unpaired) electrons. The predicted octanol–water partition coefficient (Wildman–Crippen LogP) is 8.36. The van der Waals surface area contributed by atoms with Gasteiger partial charge in [-0.25, -0.2) is 0 Å². The Hall–Kier alpha value is -5.50. The molecule has 14 heteroatoms. The van der Waals surface area contributed by atoms with Crippen molar-refractivity contribution in [3.8, 4) is 23.3 Å². The number of aryl methyl sites for hydroxylation is 1. The van der Waals surface area contributed by atoms with Gasteiger partial charge < -0.3 is 62.0 Å². The Morgan fingerprint density at radius 2 is 1.70 bits per heavy atom. The molecule has 0 amide bonds. The van der Waals surface area contributed by atoms with Crippen molar-refractivity contribution in [2.75, 3.05) is 26.7 Å². The summed E-state index contributed by atoms with van der Waals surface area (Å²) in [6, 6.07) is 20.2. The van der Waals surface area contributed by atoms with Crippen molar-refractivity contribution in [2.24, 2.45) is 52.6 Å². The van der Waals surface area contributed by atoms with Gasteiger partial charge in [0.05, 0.1) is 31.2 Å². The number of aromatic amines is 1. The number of aromatic nitrogens is 1. The van der Waals surface area contributed by atoms with E-state index in [0.29, 0.717) is 62.2 Å². The third-order valence-electron chi connectivity index (χ3n) is 22.4. The maximum Gasteiger partial charge on any atom is 0.160 e. The molecule has 2 spiro atoms. The second kappa shape index (κ2) is 23.8. The van der Waals surface area contributed by atoms with Gasteiger partial charge in [0.1, 0.15) is 11.2 Å². The fourth-order valence-electron chi connectivity index (χ4n) is 18.8. The number of hydrogen-bond donors (Lipinski definition) is 11. The summed E-state index contributed by atoms with van der Waals surface area (Å²) >= 11 is 0. The Balaban J connectivity index is 0.897. The summed E-state index contributed by atoms with van der Waals surface area (Å²) in [5, 5.41) is 84.4. The van der Waals surface area contributed by atoms with Gasteiger partial charge in [-0.3, -0.25) is 9.59 Å². The van der Waals surface area contributed by atoms with Crippen LogP contribution in [-0.2, 0) is 16.0 Å². The van der Waals surface area contributed by atoms with E-state index >= 15 is 4.79 Å². The van der Waals surface area contributed by atoms with Crippen LogP contribution >= 0.6 is 0 Å². The zero-order chi connectivity index (χ0) is 57.9. The number of aromatic hydroxyl groups is 1. The second-order valence-electron chi connectivity index (χ2n) is 26.5. The maximum atomic E-state index is 15.3. The molecule has 1 aromatic heterocycles.